The maximum atomic E-state index is 13.2. The minimum Gasteiger partial charge on any atom is -0.481 e. The number of carboxylic acids is 1. The van der Waals surface area contributed by atoms with Crippen molar-refractivity contribution in [1.29, 1.82) is 0 Å². The van der Waals surface area contributed by atoms with Gasteiger partial charge in [-0.3, -0.25) is 9.59 Å². The number of carbonyl (C=O) groups is 2. The number of hydrogen-bond donors (Lipinski definition) is 1. The third-order valence-corrected chi connectivity index (χ3v) is 5.58. The number of aliphatic carboxylic acids is 1. The molecular weight excluding hydrogens is 374 g/mol. The second kappa shape index (κ2) is 6.39. The molecule has 0 radical (unpaired) electrons. The van der Waals surface area contributed by atoms with Crippen LogP contribution in [-0.2, 0) is 4.79 Å². The molecule has 1 aromatic heterocycles. The van der Waals surface area contributed by atoms with E-state index in [-0.39, 0.29) is 11.4 Å². The van der Waals surface area contributed by atoms with Gasteiger partial charge in [0.25, 0.3) is 5.91 Å². The van der Waals surface area contributed by atoms with E-state index in [1.807, 2.05) is 0 Å². The number of benzene rings is 1. The third kappa shape index (κ3) is 3.07. The van der Waals surface area contributed by atoms with Gasteiger partial charge < -0.3 is 10.0 Å². The molecule has 3 rings (SSSR count). The van der Waals surface area contributed by atoms with Crippen LogP contribution in [0.4, 0.5) is 17.6 Å². The van der Waals surface area contributed by atoms with Crippen molar-refractivity contribution < 1.29 is 32.3 Å². The fraction of sp³-hybridized carbons (Fsp3) is 0.294. The van der Waals surface area contributed by atoms with E-state index in [0.29, 0.717) is 10.4 Å². The van der Waals surface area contributed by atoms with Gasteiger partial charge in [0, 0.05) is 18.0 Å². The zero-order chi connectivity index (χ0) is 19.1. The fourth-order valence-electron chi connectivity index (χ4n) is 2.89. The molecule has 2 aromatic rings. The molecule has 1 aliphatic rings. The summed E-state index contributed by atoms with van der Waals surface area (Å²) >= 11 is 1.06. The van der Waals surface area contributed by atoms with Crippen molar-refractivity contribution in [1.82, 2.24) is 4.90 Å². The molecule has 1 fully saturated rings. The van der Waals surface area contributed by atoms with Crippen molar-refractivity contribution >= 4 is 23.2 Å². The van der Waals surface area contributed by atoms with Crippen molar-refractivity contribution in [3.8, 4) is 10.4 Å². The fourth-order valence-corrected chi connectivity index (χ4v) is 3.87. The van der Waals surface area contributed by atoms with Gasteiger partial charge in [-0.1, -0.05) is 12.1 Å². The molecule has 9 heteroatoms. The Balaban J connectivity index is 1.81. The van der Waals surface area contributed by atoms with Crippen LogP contribution >= 0.6 is 11.3 Å². The lowest BCUT2D eigenvalue weighted by molar-refractivity contribution is -0.227. The molecule has 0 spiro atoms. The molecule has 1 N–H and O–H groups in total. The zero-order valence-corrected chi connectivity index (χ0v) is 14.0. The first-order valence-electron chi connectivity index (χ1n) is 7.59. The van der Waals surface area contributed by atoms with E-state index in [1.54, 1.807) is 6.07 Å². The molecule has 2 heterocycles. The van der Waals surface area contributed by atoms with Gasteiger partial charge in [0.2, 0.25) is 0 Å². The zero-order valence-electron chi connectivity index (χ0n) is 13.2. The van der Waals surface area contributed by atoms with Crippen molar-refractivity contribution in [3.63, 3.8) is 0 Å². The summed E-state index contributed by atoms with van der Waals surface area (Å²) in [5, 5.41) is 9.06. The molecule has 138 valence electrons. The van der Waals surface area contributed by atoms with E-state index in [0.717, 1.165) is 16.2 Å². The molecule has 1 atom stereocenters. The highest BCUT2D eigenvalue weighted by Crippen LogP contribution is 2.46. The minimum atomic E-state index is -4.94. The molecule has 4 nitrogen and oxygen atoms in total. The number of amides is 1. The number of rotatable bonds is 3. The van der Waals surface area contributed by atoms with E-state index in [1.165, 1.54) is 30.3 Å². The van der Waals surface area contributed by atoms with Crippen LogP contribution in [0.3, 0.4) is 0 Å². The average Bonchev–Trinajstić information content (AvgIpc) is 3.22. The van der Waals surface area contributed by atoms with Gasteiger partial charge >= 0.3 is 12.1 Å². The molecule has 1 unspecified atom stereocenters. The SMILES string of the molecule is O=C(c1ccc(-c2ccc(F)cc2)s1)N1CCC(C(=O)O)(C(F)(F)F)C1. The van der Waals surface area contributed by atoms with Gasteiger partial charge in [-0.15, -0.1) is 11.3 Å². The molecule has 1 aromatic carbocycles. The van der Waals surface area contributed by atoms with Crippen LogP contribution in [0.2, 0.25) is 0 Å². The van der Waals surface area contributed by atoms with E-state index < -0.39 is 42.3 Å². The van der Waals surface area contributed by atoms with Crippen molar-refractivity contribution in [2.45, 2.75) is 12.6 Å². The summed E-state index contributed by atoms with van der Waals surface area (Å²) < 4.78 is 52.6. The smallest absolute Gasteiger partial charge is 0.406 e. The summed E-state index contributed by atoms with van der Waals surface area (Å²) in [7, 11) is 0. The molecule has 1 saturated heterocycles. The Morgan fingerprint density at radius 3 is 2.31 bits per heavy atom. The number of hydrogen-bond acceptors (Lipinski definition) is 3. The number of nitrogens with zero attached hydrogens (tertiary/aromatic N) is 1. The van der Waals surface area contributed by atoms with Gasteiger partial charge in [-0.05, 0) is 36.2 Å². The van der Waals surface area contributed by atoms with Gasteiger partial charge in [0.15, 0.2) is 5.41 Å². The van der Waals surface area contributed by atoms with Gasteiger partial charge in [0.05, 0.1) is 4.88 Å². The molecule has 1 aliphatic heterocycles. The number of carboxylic acid groups (broad SMARTS) is 1. The quantitative estimate of drug-likeness (QED) is 0.809. The number of carbonyl (C=O) groups excluding carboxylic acids is 1. The van der Waals surface area contributed by atoms with Crippen molar-refractivity contribution in [3.05, 3.63) is 47.1 Å². The topological polar surface area (TPSA) is 57.6 Å². The molecule has 0 bridgehead atoms. The second-order valence-electron chi connectivity index (χ2n) is 6.03. The molecule has 0 aliphatic carbocycles. The molecular formula is C17H13F4NO3S. The Labute approximate surface area is 149 Å². The van der Waals surface area contributed by atoms with Crippen molar-refractivity contribution in [2.24, 2.45) is 5.41 Å². The summed E-state index contributed by atoms with van der Waals surface area (Å²) in [5.41, 5.74) is -2.26. The highest BCUT2D eigenvalue weighted by molar-refractivity contribution is 7.17. The number of thiophene rings is 1. The van der Waals surface area contributed by atoms with Gasteiger partial charge in [-0.2, -0.15) is 13.2 Å². The lowest BCUT2D eigenvalue weighted by Gasteiger charge is -2.27. The maximum absolute atomic E-state index is 13.2. The largest absolute Gasteiger partial charge is 0.481 e. The highest BCUT2D eigenvalue weighted by atomic mass is 32.1. The third-order valence-electron chi connectivity index (χ3n) is 4.45. The van der Waals surface area contributed by atoms with Crippen LogP contribution in [0, 0.1) is 11.2 Å². The van der Waals surface area contributed by atoms with Crippen LogP contribution in [0.1, 0.15) is 16.1 Å². The second-order valence-corrected chi connectivity index (χ2v) is 7.12. The predicted octanol–water partition coefficient (Wildman–Crippen LogP) is 4.03. The normalized spacial score (nSPS) is 20.4. The molecule has 1 amide bonds. The first-order valence-corrected chi connectivity index (χ1v) is 8.41. The first-order chi connectivity index (χ1) is 12.1. The first kappa shape index (κ1) is 18.4. The Morgan fingerprint density at radius 1 is 1.12 bits per heavy atom. The van der Waals surface area contributed by atoms with E-state index in [4.69, 9.17) is 5.11 Å². The minimum absolute atomic E-state index is 0.202. The highest BCUT2D eigenvalue weighted by Gasteiger charge is 2.64. The monoisotopic (exact) mass is 387 g/mol. The Bertz CT molecular complexity index is 846. The number of alkyl halides is 3. The average molecular weight is 387 g/mol. The summed E-state index contributed by atoms with van der Waals surface area (Å²) in [6.45, 7) is -1.19. The maximum Gasteiger partial charge on any atom is 0.406 e. The van der Waals surface area contributed by atoms with Crippen LogP contribution < -0.4 is 0 Å². The summed E-state index contributed by atoms with van der Waals surface area (Å²) in [5.74, 6) is -3.02. The summed E-state index contributed by atoms with van der Waals surface area (Å²) in [6, 6.07) is 8.69. The standard InChI is InChI=1S/C17H13F4NO3S/c18-11-3-1-10(2-4-11)12-5-6-13(26-12)14(23)22-8-7-16(9-22,15(24)25)17(19,20)21/h1-6H,7-9H2,(H,24,25). The lowest BCUT2D eigenvalue weighted by atomic mass is 9.86. The van der Waals surface area contributed by atoms with Gasteiger partial charge in [0.1, 0.15) is 5.82 Å². The molecule has 0 saturated carbocycles. The van der Waals surface area contributed by atoms with Gasteiger partial charge in [-0.25, -0.2) is 4.39 Å². The van der Waals surface area contributed by atoms with E-state index in [9.17, 15) is 27.2 Å². The Morgan fingerprint density at radius 2 is 1.77 bits per heavy atom. The summed E-state index contributed by atoms with van der Waals surface area (Å²) in [6.07, 6.45) is -5.61. The van der Waals surface area contributed by atoms with Crippen LogP contribution in [0.5, 0.6) is 0 Å². The Kier molecular flexibility index (Phi) is 4.51. The molecule has 26 heavy (non-hydrogen) atoms. The predicted molar refractivity (Wildman–Crippen MR) is 86.4 cm³/mol. The number of likely N-dealkylation sites (tertiary alicyclic amines) is 1. The van der Waals surface area contributed by atoms with Crippen LogP contribution in [0.15, 0.2) is 36.4 Å². The van der Waals surface area contributed by atoms with E-state index in [2.05, 4.69) is 0 Å². The Hall–Kier alpha value is -2.42. The van der Waals surface area contributed by atoms with Crippen LogP contribution in [0.25, 0.3) is 10.4 Å². The lowest BCUT2D eigenvalue weighted by Crippen LogP contribution is -2.47. The number of halogens is 4. The van der Waals surface area contributed by atoms with E-state index >= 15 is 0 Å². The van der Waals surface area contributed by atoms with Crippen LogP contribution in [-0.4, -0.2) is 41.1 Å². The summed E-state index contributed by atoms with van der Waals surface area (Å²) in [4.78, 5) is 25.5. The van der Waals surface area contributed by atoms with Crippen molar-refractivity contribution in [2.75, 3.05) is 13.1 Å².